The van der Waals surface area contributed by atoms with Gasteiger partial charge in [0, 0.05) is 43.8 Å². The van der Waals surface area contributed by atoms with E-state index in [1.807, 2.05) is 0 Å². The highest BCUT2D eigenvalue weighted by Gasteiger charge is 2.71. The molecule has 1 saturated heterocycles. The summed E-state index contributed by atoms with van der Waals surface area (Å²) in [7, 11) is 1.68. The number of aliphatic hydroxyl groups excluding tert-OH is 4. The molecule has 11 fully saturated rings. The number of nitro groups is 1. The Balaban J connectivity index is 0.811. The van der Waals surface area contributed by atoms with Gasteiger partial charge in [0.2, 0.25) is 6.29 Å². The Morgan fingerprint density at radius 1 is 0.551 bits per heavy atom. The lowest BCUT2D eigenvalue weighted by molar-refractivity contribution is -0.387. The third-order valence-corrected chi connectivity index (χ3v) is 30.3. The fraction of sp³-hybridized carbons (Fsp3) is 0.901. The molecule has 3 unspecified atom stereocenters. The Kier molecular flexibility index (Phi) is 25.2. The average molecular weight is 1370 g/mol. The quantitative estimate of drug-likeness (QED) is 0.0290. The van der Waals surface area contributed by atoms with Gasteiger partial charge in [-0.3, -0.25) is 10.1 Å². The zero-order valence-corrected chi connectivity index (χ0v) is 60.9. The molecule has 0 radical (unpaired) electrons. The van der Waals surface area contributed by atoms with Gasteiger partial charge in [0.15, 0.2) is 5.75 Å². The molecule has 1 aromatic rings. The van der Waals surface area contributed by atoms with Crippen LogP contribution in [-0.4, -0.2) is 130 Å². The standard InChI is InChI=1S/C81H133N5O12/c1-85(73(92)95-60-61-36-37-66(65(56-61)86(93)94)97-71-70(90)69(89)68(88)67(59-87)98-71)58-64(57-84-81(52-30-11-31-53-81)79(48-26-9-27-49-79)77(44-22-7-23-45-77)75(40-18-5-19-41-75)63-34-14-3-15-35-63)96-72(91)82-54-55-83-80(50-28-10-29-51-80)78(46-24-8-25-47-78)76(42-20-6-21-43-76)74(38-16-4-17-39-74)62-32-12-2-13-33-62/h36-37,56,62-64,67-71,83-84,87-90H,2-35,38-55,57-60H2,1H3,(H,82,91)/t64?,67?,68-,69?,70-,71+/m0/s1. The fourth-order valence-corrected chi connectivity index (χ4v) is 26.5. The van der Waals surface area contributed by atoms with Crippen molar-refractivity contribution in [3.8, 4) is 5.75 Å². The van der Waals surface area contributed by atoms with Crippen LogP contribution in [0.3, 0.4) is 0 Å². The Bertz CT molecular complexity index is 2680. The largest absolute Gasteiger partial charge is 0.455 e. The summed E-state index contributed by atoms with van der Waals surface area (Å²) in [5.41, 5.74) is 1.27. The summed E-state index contributed by atoms with van der Waals surface area (Å²) < 4.78 is 24.0. The molecule has 7 N–H and O–H groups in total. The summed E-state index contributed by atoms with van der Waals surface area (Å²) in [6, 6.07) is 4.04. The Morgan fingerprint density at radius 3 is 1.42 bits per heavy atom. The molecule has 1 heterocycles. The summed E-state index contributed by atoms with van der Waals surface area (Å²) in [5.74, 6) is 1.34. The minimum absolute atomic E-state index is 0.0182. The van der Waals surface area contributed by atoms with E-state index in [1.54, 1.807) is 7.05 Å². The second-order valence-corrected chi connectivity index (χ2v) is 34.5. The predicted molar refractivity (Wildman–Crippen MR) is 382 cm³/mol. The van der Waals surface area contributed by atoms with Crippen LogP contribution < -0.4 is 20.7 Å². The van der Waals surface area contributed by atoms with Gasteiger partial charge in [-0.25, -0.2) is 9.59 Å². The van der Waals surface area contributed by atoms with Gasteiger partial charge in [-0.15, -0.1) is 0 Å². The number of nitrogens with one attached hydrogen (secondary N) is 3. The van der Waals surface area contributed by atoms with Gasteiger partial charge in [0.05, 0.1) is 18.1 Å². The van der Waals surface area contributed by atoms with Crippen molar-refractivity contribution in [3.05, 3.63) is 33.9 Å². The van der Waals surface area contributed by atoms with E-state index in [0.29, 0.717) is 41.4 Å². The van der Waals surface area contributed by atoms with Crippen LogP contribution in [0.15, 0.2) is 18.2 Å². The molecule has 11 aliphatic rings. The van der Waals surface area contributed by atoms with E-state index in [0.717, 1.165) is 24.7 Å². The van der Waals surface area contributed by atoms with Gasteiger partial charge < -0.3 is 60.2 Å². The van der Waals surface area contributed by atoms with E-state index < -0.39 is 66.2 Å². The molecule has 0 aromatic heterocycles. The van der Waals surface area contributed by atoms with Gasteiger partial charge >= 0.3 is 17.9 Å². The molecule has 6 atom stereocenters. The van der Waals surface area contributed by atoms with Crippen LogP contribution in [0.25, 0.3) is 0 Å². The molecule has 17 nitrogen and oxygen atoms in total. The van der Waals surface area contributed by atoms with E-state index in [4.69, 9.17) is 18.9 Å². The highest BCUT2D eigenvalue weighted by Crippen LogP contribution is 2.77. The normalized spacial score (nSPS) is 30.6. The maximum Gasteiger partial charge on any atom is 0.409 e. The number of ether oxygens (including phenoxy) is 4. The smallest absolute Gasteiger partial charge is 0.409 e. The lowest BCUT2D eigenvalue weighted by Gasteiger charge is -2.73. The van der Waals surface area contributed by atoms with E-state index in [9.17, 15) is 35.3 Å². The number of rotatable bonds is 24. The molecule has 1 aromatic carbocycles. The Hall–Kier alpha value is -3.32. The van der Waals surface area contributed by atoms with Crippen LogP contribution in [0.5, 0.6) is 5.75 Å². The minimum atomic E-state index is -1.77. The first-order valence-electron chi connectivity index (χ1n) is 41.2. The lowest BCUT2D eigenvalue weighted by atomic mass is 9.33. The number of hydrogen-bond donors (Lipinski definition) is 7. The molecule has 1 aliphatic heterocycles. The molecule has 10 aliphatic carbocycles. The van der Waals surface area contributed by atoms with Crippen LogP contribution >= 0.6 is 0 Å². The van der Waals surface area contributed by atoms with Gasteiger partial charge in [0.1, 0.15) is 37.1 Å². The van der Waals surface area contributed by atoms with Gasteiger partial charge in [-0.1, -0.05) is 199 Å². The van der Waals surface area contributed by atoms with Gasteiger partial charge in [0.25, 0.3) is 0 Å². The summed E-state index contributed by atoms with van der Waals surface area (Å²) in [6.45, 7) is 0.603. The number of hydrogen-bond acceptors (Lipinski definition) is 14. The first kappa shape index (κ1) is 74.4. The highest BCUT2D eigenvalue weighted by molar-refractivity contribution is 5.68. The van der Waals surface area contributed by atoms with Crippen molar-refractivity contribution >= 4 is 17.9 Å². The molecular formula is C81H133N5O12. The molecule has 12 rings (SSSR count). The zero-order valence-electron chi connectivity index (χ0n) is 60.9. The summed E-state index contributed by atoms with van der Waals surface area (Å²) in [4.78, 5) is 42.9. The van der Waals surface area contributed by atoms with Crippen molar-refractivity contribution < 1.29 is 53.9 Å². The molecular weight excluding hydrogens is 1230 g/mol. The molecule has 0 spiro atoms. The topological polar surface area (TPSA) is 234 Å². The monoisotopic (exact) mass is 1370 g/mol. The van der Waals surface area contributed by atoms with Crippen LogP contribution in [0.2, 0.25) is 0 Å². The van der Waals surface area contributed by atoms with Crippen LogP contribution in [0, 0.1) is 54.4 Å². The third kappa shape index (κ3) is 14.4. The Labute approximate surface area is 589 Å². The average Bonchev–Trinajstić information content (AvgIpc) is 0.689. The van der Waals surface area contributed by atoms with E-state index >= 15 is 4.79 Å². The van der Waals surface area contributed by atoms with E-state index in [1.165, 1.54) is 331 Å². The summed E-state index contributed by atoms with van der Waals surface area (Å²) in [6.07, 6.45) is 56.6. The molecule has 98 heavy (non-hydrogen) atoms. The van der Waals surface area contributed by atoms with Gasteiger partial charge in [-0.2, -0.15) is 0 Å². The fourth-order valence-electron chi connectivity index (χ4n) is 26.5. The number of carbonyl (C=O) groups excluding carboxylic acids is 2. The second kappa shape index (κ2) is 33.2. The van der Waals surface area contributed by atoms with Crippen molar-refractivity contribution in [1.82, 2.24) is 20.9 Å². The van der Waals surface area contributed by atoms with Crippen molar-refractivity contribution in [1.29, 1.82) is 0 Å². The number of nitrogens with zero attached hydrogens (tertiary/aromatic N) is 2. The van der Waals surface area contributed by atoms with Crippen molar-refractivity contribution in [2.45, 2.75) is 376 Å². The number of alkyl carbamates (subject to hydrolysis) is 1. The molecule has 554 valence electrons. The van der Waals surface area contributed by atoms with Crippen LogP contribution in [0.1, 0.15) is 327 Å². The number of nitro benzene ring substituents is 1. The second-order valence-electron chi connectivity index (χ2n) is 34.5. The molecule has 17 heteroatoms. The van der Waals surface area contributed by atoms with Crippen LogP contribution in [0.4, 0.5) is 15.3 Å². The molecule has 2 amide bonds. The summed E-state index contributed by atoms with van der Waals surface area (Å²) >= 11 is 0. The number of carbonyl (C=O) groups is 2. The van der Waals surface area contributed by atoms with E-state index in [-0.39, 0.29) is 46.2 Å². The lowest BCUT2D eigenvalue weighted by Crippen LogP contribution is -2.72. The van der Waals surface area contributed by atoms with E-state index in [2.05, 4.69) is 16.0 Å². The zero-order chi connectivity index (χ0) is 68.3. The number of likely N-dealkylation sites (N-methyl/N-ethyl adjacent to an activating group) is 1. The van der Waals surface area contributed by atoms with Crippen molar-refractivity contribution in [3.63, 3.8) is 0 Å². The first-order chi connectivity index (χ1) is 47.7. The minimum Gasteiger partial charge on any atom is -0.455 e. The van der Waals surface area contributed by atoms with Crippen molar-refractivity contribution in [2.24, 2.45) is 44.3 Å². The van der Waals surface area contributed by atoms with Crippen molar-refractivity contribution in [2.75, 3.05) is 39.8 Å². The first-order valence-corrected chi connectivity index (χ1v) is 41.2. The summed E-state index contributed by atoms with van der Waals surface area (Å²) in [5, 5.41) is 66.1. The maximum atomic E-state index is 15.0. The Morgan fingerprint density at radius 2 is 0.969 bits per heavy atom. The number of amides is 2. The highest BCUT2D eigenvalue weighted by atomic mass is 16.7. The number of benzene rings is 1. The predicted octanol–water partition coefficient (Wildman–Crippen LogP) is 16.9. The van der Waals surface area contributed by atoms with Crippen LogP contribution in [-0.2, 0) is 20.8 Å². The molecule has 0 bridgehead atoms. The third-order valence-electron chi connectivity index (χ3n) is 30.3. The number of aliphatic hydroxyl groups is 4. The SMILES string of the molecule is CN(CC(CNC1(C2(C3(C4(C5CCCCC5)CCCCC4)CCCCC3)CCCCC2)CCCCC1)OC(=O)NCCNC1(C2(C3(C4(C5CCCCC5)CCCCC4)CCCCC3)CCCCC2)CCCCC1)C(=O)OCc1ccc(O[C@@H]2OC(CO)[C@H](O)C(O)[C@@H]2O)c([N+](=O)[O-])c1. The molecule has 10 saturated carbocycles. The van der Waals surface area contributed by atoms with Gasteiger partial charge in [-0.05, 0) is 184 Å². The maximum absolute atomic E-state index is 15.0.